The molecule has 0 aromatic carbocycles. The molecule has 1 N–H and O–H groups in total. The molecule has 0 aromatic heterocycles. The highest BCUT2D eigenvalue weighted by atomic mass is 127. The minimum Gasteiger partial charge on any atom is -0.314 e. The highest BCUT2D eigenvalue weighted by Gasteiger charge is 2.52. The van der Waals surface area contributed by atoms with Crippen LogP contribution in [0, 0.1) is 29.1 Å². The molecule has 4 bridgehead atoms. The summed E-state index contributed by atoms with van der Waals surface area (Å²) in [4.78, 5) is 4.69. The summed E-state index contributed by atoms with van der Waals surface area (Å²) in [6, 6.07) is 0. The summed E-state index contributed by atoms with van der Waals surface area (Å²) in [5.74, 6) is 3.76. The van der Waals surface area contributed by atoms with Crippen LogP contribution >= 0.6 is 45.2 Å². The zero-order valence-corrected chi connectivity index (χ0v) is 23.1. The number of alkyl halides is 1. The van der Waals surface area contributed by atoms with Crippen molar-refractivity contribution < 1.29 is 0 Å². The van der Waals surface area contributed by atoms with Gasteiger partial charge in [0.05, 0.1) is 6.54 Å². The monoisotopic (exact) mass is 642 g/mol. The molecule has 0 aromatic rings. The molecule has 0 saturated heterocycles. The molecule has 0 radical (unpaired) electrons. The zero-order valence-electron chi connectivity index (χ0n) is 18.8. The number of nitrogens with zero attached hydrogens (tertiary/aromatic N) is 1. The third-order valence-electron chi connectivity index (χ3n) is 8.28. The Labute approximate surface area is 215 Å². The van der Waals surface area contributed by atoms with Crippen LogP contribution < -0.4 is 5.32 Å². The van der Waals surface area contributed by atoms with E-state index in [1.165, 1.54) is 59.7 Å². The van der Waals surface area contributed by atoms with Gasteiger partial charge in [0.15, 0.2) is 0 Å². The molecule has 0 heterocycles. The molecule has 4 heteroatoms. The van der Waals surface area contributed by atoms with E-state index in [1.54, 1.807) is 0 Å². The second-order valence-corrected chi connectivity index (χ2v) is 13.8. The number of hydrogen-bond acceptors (Lipinski definition) is 2. The minimum absolute atomic E-state index is 0.572. The first-order valence-electron chi connectivity index (χ1n) is 12.3. The van der Waals surface area contributed by atoms with Gasteiger partial charge in [-0.2, -0.15) is 0 Å². The van der Waals surface area contributed by atoms with Crippen molar-refractivity contribution in [3.63, 3.8) is 0 Å². The predicted octanol–water partition coefficient (Wildman–Crippen LogP) is 7.21. The van der Waals surface area contributed by atoms with Crippen molar-refractivity contribution in [2.75, 3.05) is 19.6 Å². The second kappa shape index (κ2) is 9.73. The fraction of sp³-hybridized carbons (Fsp3) is 0.667. The van der Waals surface area contributed by atoms with Gasteiger partial charge >= 0.3 is 0 Å². The van der Waals surface area contributed by atoms with Crippen molar-refractivity contribution in [3.8, 4) is 0 Å². The molecular formula is C27H36I2N2. The Bertz CT molecular complexity index is 812. The average Bonchev–Trinajstić information content (AvgIpc) is 2.68. The van der Waals surface area contributed by atoms with Crippen LogP contribution in [0.1, 0.15) is 58.3 Å². The molecule has 6 aliphatic carbocycles. The second-order valence-electron chi connectivity index (χ2n) is 11.0. The third kappa shape index (κ3) is 5.42. The number of aliphatic imine (C=N–C) groups is 1. The van der Waals surface area contributed by atoms with Gasteiger partial charge in [-0.25, -0.2) is 0 Å². The molecule has 6 aliphatic rings. The molecule has 4 fully saturated rings. The lowest BCUT2D eigenvalue weighted by atomic mass is 9.47. The zero-order chi connectivity index (χ0) is 21.4. The normalized spacial score (nSPS) is 39.4. The van der Waals surface area contributed by atoms with Gasteiger partial charge in [0.25, 0.3) is 0 Å². The molecule has 6 rings (SSSR count). The third-order valence-corrected chi connectivity index (χ3v) is 9.75. The largest absolute Gasteiger partial charge is 0.314 e. The van der Waals surface area contributed by atoms with E-state index in [4.69, 9.17) is 0 Å². The predicted molar refractivity (Wildman–Crippen MR) is 149 cm³/mol. The summed E-state index contributed by atoms with van der Waals surface area (Å²) >= 11 is 4.92. The SMILES string of the molecule is CC1=CC(CNCC/N=C/C2=CC(I)=CC(I)C2)CC(C23CC4CC(CC(C4)C2)C3)=C1. The Morgan fingerprint density at radius 3 is 2.45 bits per heavy atom. The summed E-state index contributed by atoms with van der Waals surface area (Å²) in [5.41, 5.74) is 5.25. The molecule has 4 saturated carbocycles. The van der Waals surface area contributed by atoms with E-state index in [1.807, 2.05) is 5.57 Å². The van der Waals surface area contributed by atoms with E-state index in [0.29, 0.717) is 15.3 Å². The Morgan fingerprint density at radius 1 is 1.06 bits per heavy atom. The van der Waals surface area contributed by atoms with Gasteiger partial charge in [-0.15, -0.1) is 0 Å². The number of allylic oxidation sites excluding steroid dienone is 7. The van der Waals surface area contributed by atoms with E-state index in [0.717, 1.165) is 43.8 Å². The summed E-state index contributed by atoms with van der Waals surface area (Å²) < 4.78 is 1.94. The van der Waals surface area contributed by atoms with Crippen LogP contribution in [0.15, 0.2) is 49.6 Å². The smallest absolute Gasteiger partial charge is 0.0514 e. The summed E-state index contributed by atoms with van der Waals surface area (Å²) in [5, 5.41) is 3.71. The molecule has 168 valence electrons. The highest BCUT2D eigenvalue weighted by molar-refractivity contribution is 14.1. The van der Waals surface area contributed by atoms with Gasteiger partial charge in [0.1, 0.15) is 0 Å². The van der Waals surface area contributed by atoms with E-state index in [-0.39, 0.29) is 0 Å². The van der Waals surface area contributed by atoms with E-state index < -0.39 is 0 Å². The molecule has 0 aliphatic heterocycles. The Balaban J connectivity index is 1.11. The standard InChI is InChI=1S/C27H36I2N2/c1-18-4-22(16-30-2-3-31-17-23-10-25(28)12-26(29)11-23)9-24(5-18)27-13-19-6-20(14-27)8-21(7-19)15-27/h4-5,10,12,17,19-22,26,30H,2-3,6-9,11,13-16H2,1H3/b31-17+. The van der Waals surface area contributed by atoms with Gasteiger partial charge < -0.3 is 5.32 Å². The Morgan fingerprint density at radius 2 is 1.77 bits per heavy atom. The van der Waals surface area contributed by atoms with Crippen molar-refractivity contribution in [3.05, 3.63) is 44.6 Å². The van der Waals surface area contributed by atoms with Crippen LogP contribution in [0.4, 0.5) is 0 Å². The van der Waals surface area contributed by atoms with Gasteiger partial charge in [-0.1, -0.05) is 52.0 Å². The Kier molecular flexibility index (Phi) is 7.16. The van der Waals surface area contributed by atoms with Crippen LogP contribution in [0.2, 0.25) is 0 Å². The molecule has 2 nitrogen and oxygen atoms in total. The highest BCUT2D eigenvalue weighted by Crippen LogP contribution is 2.63. The summed E-state index contributed by atoms with van der Waals surface area (Å²) in [6.07, 6.45) is 23.3. The molecule has 31 heavy (non-hydrogen) atoms. The molecular weight excluding hydrogens is 606 g/mol. The van der Waals surface area contributed by atoms with E-state index in [9.17, 15) is 0 Å². The lowest BCUT2D eigenvalue weighted by molar-refractivity contribution is -0.0329. The van der Waals surface area contributed by atoms with Crippen LogP contribution in [0.3, 0.4) is 0 Å². The fourth-order valence-corrected chi connectivity index (χ4v) is 9.96. The molecule has 2 atom stereocenters. The first kappa shape index (κ1) is 22.8. The maximum absolute atomic E-state index is 4.69. The van der Waals surface area contributed by atoms with Crippen molar-refractivity contribution >= 4 is 51.4 Å². The van der Waals surface area contributed by atoms with Gasteiger partial charge in [-0.05, 0) is 122 Å². The summed E-state index contributed by atoms with van der Waals surface area (Å²) in [6.45, 7) is 5.27. The van der Waals surface area contributed by atoms with Gasteiger partial charge in [0, 0.05) is 26.8 Å². The fourth-order valence-electron chi connectivity index (χ4n) is 7.54. The topological polar surface area (TPSA) is 24.4 Å². The molecule has 0 amide bonds. The molecule has 0 spiro atoms. The maximum atomic E-state index is 4.69. The quantitative estimate of drug-likeness (QED) is 0.135. The number of halogens is 2. The number of nitrogens with one attached hydrogen (secondary N) is 1. The molecule has 2 unspecified atom stereocenters. The van der Waals surface area contributed by atoms with Crippen LogP contribution in [-0.2, 0) is 0 Å². The average molecular weight is 642 g/mol. The maximum Gasteiger partial charge on any atom is 0.0514 e. The van der Waals surface area contributed by atoms with Crippen molar-refractivity contribution in [1.82, 2.24) is 5.32 Å². The van der Waals surface area contributed by atoms with E-state index in [2.05, 4.69) is 92.9 Å². The number of hydrogen-bond donors (Lipinski definition) is 1. The van der Waals surface area contributed by atoms with Crippen LogP contribution in [-0.4, -0.2) is 29.8 Å². The van der Waals surface area contributed by atoms with Gasteiger partial charge in [0.2, 0.25) is 0 Å². The van der Waals surface area contributed by atoms with Gasteiger partial charge in [-0.3, -0.25) is 4.99 Å². The first-order valence-corrected chi connectivity index (χ1v) is 14.6. The Hall–Kier alpha value is 0.0500. The van der Waals surface area contributed by atoms with Crippen LogP contribution in [0.25, 0.3) is 0 Å². The van der Waals surface area contributed by atoms with E-state index >= 15 is 0 Å². The van der Waals surface area contributed by atoms with Crippen molar-refractivity contribution in [2.24, 2.45) is 34.1 Å². The minimum atomic E-state index is 0.572. The van der Waals surface area contributed by atoms with Crippen molar-refractivity contribution in [1.29, 1.82) is 0 Å². The summed E-state index contributed by atoms with van der Waals surface area (Å²) in [7, 11) is 0. The number of rotatable bonds is 7. The van der Waals surface area contributed by atoms with Crippen LogP contribution in [0.5, 0.6) is 0 Å². The first-order chi connectivity index (χ1) is 15.0. The lowest BCUT2D eigenvalue weighted by Gasteiger charge is -2.58. The van der Waals surface area contributed by atoms with Crippen molar-refractivity contribution in [2.45, 2.75) is 62.2 Å². The lowest BCUT2D eigenvalue weighted by Crippen LogP contribution is -2.47.